The van der Waals surface area contributed by atoms with E-state index in [9.17, 15) is 4.79 Å². The molecule has 0 fully saturated rings. The van der Waals surface area contributed by atoms with Crippen LogP contribution in [0.3, 0.4) is 0 Å². The lowest BCUT2D eigenvalue weighted by Gasteiger charge is -2.20. The molecule has 0 aromatic heterocycles. The van der Waals surface area contributed by atoms with Gasteiger partial charge in [0, 0.05) is 10.2 Å². The number of hydrogen-bond donors (Lipinski definition) is 1. The first-order chi connectivity index (χ1) is 12.8. The number of anilines is 1. The van der Waals surface area contributed by atoms with Crippen LogP contribution < -0.4 is 14.8 Å². The molecule has 2 aromatic carbocycles. The molecule has 0 saturated carbocycles. The fourth-order valence-corrected chi connectivity index (χ4v) is 3.55. The van der Waals surface area contributed by atoms with E-state index in [1.54, 1.807) is 14.2 Å². The highest BCUT2D eigenvalue weighted by Gasteiger charge is 2.18. The van der Waals surface area contributed by atoms with Crippen LogP contribution in [0.15, 0.2) is 34.8 Å². The molecule has 0 bridgehead atoms. The largest absolute Gasteiger partial charge is 0.493 e. The Bertz CT molecular complexity index is 789. The number of rotatable bonds is 7. The Morgan fingerprint density at radius 1 is 1.00 bits per heavy atom. The number of amides is 1. The van der Waals surface area contributed by atoms with E-state index in [1.807, 2.05) is 12.1 Å². The molecule has 146 valence electrons. The van der Waals surface area contributed by atoms with Crippen molar-refractivity contribution in [1.82, 2.24) is 0 Å². The van der Waals surface area contributed by atoms with E-state index < -0.39 is 0 Å². The summed E-state index contributed by atoms with van der Waals surface area (Å²) >= 11 is 3.53. The summed E-state index contributed by atoms with van der Waals surface area (Å²) in [6.45, 7) is 8.56. The average Bonchev–Trinajstić information content (AvgIpc) is 2.62. The van der Waals surface area contributed by atoms with Crippen LogP contribution in [0.2, 0.25) is 0 Å². The molecule has 1 N–H and O–H groups in total. The monoisotopic (exact) mass is 433 g/mol. The molecule has 4 nitrogen and oxygen atoms in total. The highest BCUT2D eigenvalue weighted by molar-refractivity contribution is 9.10. The van der Waals surface area contributed by atoms with Crippen LogP contribution in [0.4, 0.5) is 5.69 Å². The Morgan fingerprint density at radius 3 is 2.00 bits per heavy atom. The van der Waals surface area contributed by atoms with Gasteiger partial charge in [-0.3, -0.25) is 4.79 Å². The number of benzene rings is 2. The highest BCUT2D eigenvalue weighted by Crippen LogP contribution is 2.35. The topological polar surface area (TPSA) is 47.6 Å². The van der Waals surface area contributed by atoms with Crippen LogP contribution in [-0.2, 0) is 11.2 Å². The third kappa shape index (κ3) is 5.04. The Balaban J connectivity index is 2.32. The molecule has 27 heavy (non-hydrogen) atoms. The number of carbonyl (C=O) groups is 1. The van der Waals surface area contributed by atoms with Gasteiger partial charge in [0.05, 0.1) is 20.6 Å². The normalized spacial score (nSPS) is 11.0. The Labute approximate surface area is 170 Å². The highest BCUT2D eigenvalue weighted by atomic mass is 79.9. The predicted molar refractivity (Wildman–Crippen MR) is 114 cm³/mol. The van der Waals surface area contributed by atoms with Crippen molar-refractivity contribution >= 4 is 27.5 Å². The van der Waals surface area contributed by atoms with Crippen molar-refractivity contribution in [2.24, 2.45) is 0 Å². The third-order valence-electron chi connectivity index (χ3n) is 4.54. The van der Waals surface area contributed by atoms with Crippen LogP contribution in [0, 0.1) is 0 Å². The van der Waals surface area contributed by atoms with Crippen molar-refractivity contribution in [2.45, 2.75) is 46.0 Å². The minimum absolute atomic E-state index is 0.0575. The predicted octanol–water partition coefficient (Wildman–Crippen LogP) is 5.89. The van der Waals surface area contributed by atoms with E-state index in [1.165, 1.54) is 0 Å². The summed E-state index contributed by atoms with van der Waals surface area (Å²) in [4.78, 5) is 12.8. The van der Waals surface area contributed by atoms with Crippen LogP contribution in [-0.4, -0.2) is 20.1 Å². The van der Waals surface area contributed by atoms with Crippen molar-refractivity contribution in [1.29, 1.82) is 0 Å². The molecule has 0 saturated heterocycles. The summed E-state index contributed by atoms with van der Waals surface area (Å²) in [5.74, 6) is 1.83. The van der Waals surface area contributed by atoms with E-state index in [0.717, 1.165) is 26.9 Å². The zero-order chi connectivity index (χ0) is 20.1. The quantitative estimate of drug-likeness (QED) is 0.591. The summed E-state index contributed by atoms with van der Waals surface area (Å²) < 4.78 is 11.5. The molecule has 2 rings (SSSR count). The van der Waals surface area contributed by atoms with Crippen molar-refractivity contribution in [3.8, 4) is 11.5 Å². The molecule has 0 heterocycles. The van der Waals surface area contributed by atoms with Crippen molar-refractivity contribution in [3.63, 3.8) is 0 Å². The molecule has 0 aliphatic rings. The summed E-state index contributed by atoms with van der Waals surface area (Å²) in [5.41, 5.74) is 4.09. The van der Waals surface area contributed by atoms with E-state index in [-0.39, 0.29) is 12.3 Å². The molecule has 0 aliphatic heterocycles. The van der Waals surface area contributed by atoms with Crippen LogP contribution in [0.25, 0.3) is 0 Å². The molecule has 0 radical (unpaired) electrons. The Morgan fingerprint density at radius 2 is 1.52 bits per heavy atom. The zero-order valence-corrected chi connectivity index (χ0v) is 18.4. The number of ether oxygens (including phenoxy) is 2. The SMILES string of the molecule is COc1cc(Br)c(CC(=O)Nc2c(C(C)C)cccc2C(C)C)cc1OC. The van der Waals surface area contributed by atoms with Gasteiger partial charge in [0.1, 0.15) is 0 Å². The van der Waals surface area contributed by atoms with Crippen LogP contribution in [0.1, 0.15) is 56.2 Å². The maximum atomic E-state index is 12.8. The first-order valence-electron chi connectivity index (χ1n) is 9.11. The van der Waals surface area contributed by atoms with Gasteiger partial charge in [-0.1, -0.05) is 61.8 Å². The first-order valence-corrected chi connectivity index (χ1v) is 9.90. The van der Waals surface area contributed by atoms with E-state index in [0.29, 0.717) is 23.3 Å². The second-order valence-corrected chi connectivity index (χ2v) is 8.00. The maximum absolute atomic E-state index is 12.8. The molecular weight excluding hydrogens is 406 g/mol. The number of hydrogen-bond acceptors (Lipinski definition) is 3. The first kappa shape index (κ1) is 21.3. The molecule has 0 atom stereocenters. The smallest absolute Gasteiger partial charge is 0.228 e. The molecule has 0 spiro atoms. The number of para-hydroxylation sites is 1. The maximum Gasteiger partial charge on any atom is 0.228 e. The second kappa shape index (κ2) is 9.27. The van der Waals surface area contributed by atoms with Gasteiger partial charge in [-0.15, -0.1) is 0 Å². The van der Waals surface area contributed by atoms with E-state index in [2.05, 4.69) is 67.1 Å². The lowest BCUT2D eigenvalue weighted by Crippen LogP contribution is -2.18. The molecular formula is C22H28BrNO3. The molecule has 2 aromatic rings. The molecule has 5 heteroatoms. The molecule has 1 amide bonds. The van der Waals surface area contributed by atoms with Gasteiger partial charge in [-0.25, -0.2) is 0 Å². The number of halogens is 1. The standard InChI is InChI=1S/C22H28BrNO3/c1-13(2)16-8-7-9-17(14(3)4)22(16)24-21(25)11-15-10-19(26-5)20(27-6)12-18(15)23/h7-10,12-14H,11H2,1-6H3,(H,24,25). The average molecular weight is 434 g/mol. The lowest BCUT2D eigenvalue weighted by atomic mass is 9.92. The van der Waals surface area contributed by atoms with Crippen molar-refractivity contribution in [3.05, 3.63) is 51.5 Å². The van der Waals surface area contributed by atoms with Gasteiger partial charge in [0.15, 0.2) is 11.5 Å². The molecule has 0 unspecified atom stereocenters. The summed E-state index contributed by atoms with van der Waals surface area (Å²) in [5, 5.41) is 3.15. The fraction of sp³-hybridized carbons (Fsp3) is 0.409. The summed E-state index contributed by atoms with van der Waals surface area (Å²) in [6, 6.07) is 9.88. The molecule has 0 aliphatic carbocycles. The summed E-state index contributed by atoms with van der Waals surface area (Å²) in [6.07, 6.45) is 0.241. The van der Waals surface area contributed by atoms with Gasteiger partial charge >= 0.3 is 0 Å². The van der Waals surface area contributed by atoms with Crippen LogP contribution >= 0.6 is 15.9 Å². The minimum atomic E-state index is -0.0575. The Kier molecular flexibility index (Phi) is 7.31. The van der Waals surface area contributed by atoms with Gasteiger partial charge in [0.2, 0.25) is 5.91 Å². The minimum Gasteiger partial charge on any atom is -0.493 e. The van der Waals surface area contributed by atoms with E-state index >= 15 is 0 Å². The third-order valence-corrected chi connectivity index (χ3v) is 5.28. The number of methoxy groups -OCH3 is 2. The van der Waals surface area contributed by atoms with Gasteiger partial charge < -0.3 is 14.8 Å². The van der Waals surface area contributed by atoms with Crippen LogP contribution in [0.5, 0.6) is 11.5 Å². The van der Waals surface area contributed by atoms with Gasteiger partial charge in [-0.05, 0) is 40.7 Å². The zero-order valence-electron chi connectivity index (χ0n) is 16.9. The number of carbonyl (C=O) groups excluding carboxylic acids is 1. The van der Waals surface area contributed by atoms with E-state index in [4.69, 9.17) is 9.47 Å². The fourth-order valence-electron chi connectivity index (χ4n) is 3.08. The number of nitrogens with one attached hydrogen (secondary N) is 1. The van der Waals surface area contributed by atoms with Crippen molar-refractivity contribution < 1.29 is 14.3 Å². The summed E-state index contributed by atoms with van der Waals surface area (Å²) in [7, 11) is 3.18. The van der Waals surface area contributed by atoms with Gasteiger partial charge in [0.25, 0.3) is 0 Å². The van der Waals surface area contributed by atoms with Crippen molar-refractivity contribution in [2.75, 3.05) is 19.5 Å². The second-order valence-electron chi connectivity index (χ2n) is 7.14. The Hall–Kier alpha value is -2.01. The van der Waals surface area contributed by atoms with Gasteiger partial charge in [-0.2, -0.15) is 0 Å². The lowest BCUT2D eigenvalue weighted by molar-refractivity contribution is -0.115.